The minimum atomic E-state index is -0.686. The largest absolute Gasteiger partial charge is 0.481 e. The third-order valence-electron chi connectivity index (χ3n) is 2.74. The number of rotatable bonds is 4. The van der Waals surface area contributed by atoms with Crippen molar-refractivity contribution < 1.29 is 13.9 Å². The molecule has 21 heavy (non-hydrogen) atoms. The first-order chi connectivity index (χ1) is 9.95. The van der Waals surface area contributed by atoms with E-state index in [4.69, 9.17) is 10.5 Å². The molecule has 0 saturated heterocycles. The Labute approximate surface area is 135 Å². The molecule has 2 aromatic rings. The van der Waals surface area contributed by atoms with Crippen LogP contribution in [0.2, 0.25) is 0 Å². The van der Waals surface area contributed by atoms with Crippen molar-refractivity contribution in [1.82, 2.24) is 0 Å². The van der Waals surface area contributed by atoms with Gasteiger partial charge in [-0.2, -0.15) is 0 Å². The Bertz CT molecular complexity index is 664. The molecule has 0 aliphatic carbocycles. The number of carbonyl (C=O) groups excluding carboxylic acids is 1. The maximum absolute atomic E-state index is 13.1. The van der Waals surface area contributed by atoms with Crippen molar-refractivity contribution in [2.45, 2.75) is 13.0 Å². The number of amides is 1. The van der Waals surface area contributed by atoms with Crippen LogP contribution in [0.15, 0.2) is 42.5 Å². The first-order valence-electron chi connectivity index (χ1n) is 6.24. The summed E-state index contributed by atoms with van der Waals surface area (Å²) in [5, 5.41) is 2.63. The summed E-state index contributed by atoms with van der Waals surface area (Å²) in [6.07, 6.45) is -0.686. The highest BCUT2D eigenvalue weighted by molar-refractivity contribution is 14.1. The predicted octanol–water partition coefficient (Wildman–Crippen LogP) is 3.42. The van der Waals surface area contributed by atoms with Crippen LogP contribution in [0.25, 0.3) is 0 Å². The molecule has 2 aromatic carbocycles. The standard InChI is InChI=1S/C15H14FIN2O2/c1-9(21-12-4-2-3-10(17)7-12)15(20)19-11-5-6-13(16)14(18)8-11/h2-9H,18H2,1H3,(H,19,20). The smallest absolute Gasteiger partial charge is 0.265 e. The Morgan fingerprint density at radius 2 is 2.10 bits per heavy atom. The van der Waals surface area contributed by atoms with E-state index in [1.165, 1.54) is 18.2 Å². The molecule has 0 spiro atoms. The zero-order chi connectivity index (χ0) is 15.4. The van der Waals surface area contributed by atoms with Crippen molar-refractivity contribution in [3.63, 3.8) is 0 Å². The van der Waals surface area contributed by atoms with Crippen LogP contribution in [-0.4, -0.2) is 12.0 Å². The summed E-state index contributed by atoms with van der Waals surface area (Å²) in [6.45, 7) is 1.64. The van der Waals surface area contributed by atoms with E-state index in [1.807, 2.05) is 18.2 Å². The van der Waals surface area contributed by atoms with Gasteiger partial charge >= 0.3 is 0 Å². The van der Waals surface area contributed by atoms with E-state index >= 15 is 0 Å². The van der Waals surface area contributed by atoms with E-state index in [2.05, 4.69) is 27.9 Å². The molecule has 1 amide bonds. The Balaban J connectivity index is 2.00. The summed E-state index contributed by atoms with van der Waals surface area (Å²) < 4.78 is 19.6. The molecule has 110 valence electrons. The molecule has 0 fully saturated rings. The van der Waals surface area contributed by atoms with Crippen LogP contribution in [0.4, 0.5) is 15.8 Å². The maximum Gasteiger partial charge on any atom is 0.265 e. The van der Waals surface area contributed by atoms with Crippen LogP contribution in [0.1, 0.15) is 6.92 Å². The van der Waals surface area contributed by atoms with Gasteiger partial charge < -0.3 is 15.8 Å². The molecule has 0 aliphatic rings. The van der Waals surface area contributed by atoms with Crippen molar-refractivity contribution in [2.75, 3.05) is 11.1 Å². The fourth-order valence-electron chi connectivity index (χ4n) is 1.66. The zero-order valence-corrected chi connectivity index (χ0v) is 13.4. The van der Waals surface area contributed by atoms with Gasteiger partial charge in [-0.05, 0) is 65.9 Å². The van der Waals surface area contributed by atoms with Gasteiger partial charge in [0.25, 0.3) is 5.91 Å². The number of anilines is 2. The van der Waals surface area contributed by atoms with Crippen LogP contribution in [0.3, 0.4) is 0 Å². The Morgan fingerprint density at radius 1 is 1.33 bits per heavy atom. The Morgan fingerprint density at radius 3 is 2.76 bits per heavy atom. The second kappa shape index (κ2) is 6.75. The van der Waals surface area contributed by atoms with Crippen molar-refractivity contribution in [3.8, 4) is 5.75 Å². The van der Waals surface area contributed by atoms with Crippen molar-refractivity contribution >= 4 is 39.9 Å². The molecular weight excluding hydrogens is 386 g/mol. The summed E-state index contributed by atoms with van der Waals surface area (Å²) >= 11 is 2.16. The second-order valence-corrected chi connectivity index (χ2v) is 5.69. The summed E-state index contributed by atoms with van der Waals surface area (Å²) in [6, 6.07) is 11.4. The molecule has 0 heterocycles. The van der Waals surface area contributed by atoms with Crippen molar-refractivity contribution in [3.05, 3.63) is 51.9 Å². The number of benzene rings is 2. The van der Waals surface area contributed by atoms with Crippen LogP contribution < -0.4 is 15.8 Å². The van der Waals surface area contributed by atoms with Gasteiger partial charge in [-0.3, -0.25) is 4.79 Å². The first kappa shape index (κ1) is 15.6. The number of hydrogen-bond donors (Lipinski definition) is 2. The molecule has 2 rings (SSSR count). The topological polar surface area (TPSA) is 64.3 Å². The van der Waals surface area contributed by atoms with Gasteiger partial charge in [0.05, 0.1) is 5.69 Å². The summed E-state index contributed by atoms with van der Waals surface area (Å²) in [7, 11) is 0. The number of ether oxygens (including phenoxy) is 1. The SMILES string of the molecule is CC(Oc1cccc(I)c1)C(=O)Nc1ccc(F)c(N)c1. The molecule has 1 atom stereocenters. The fraction of sp³-hybridized carbons (Fsp3) is 0.133. The van der Waals surface area contributed by atoms with E-state index in [0.717, 1.165) is 3.57 Å². The summed E-state index contributed by atoms with van der Waals surface area (Å²) in [5.74, 6) is -0.237. The lowest BCUT2D eigenvalue weighted by molar-refractivity contribution is -0.122. The normalized spacial score (nSPS) is 11.8. The molecular formula is C15H14FIN2O2. The molecule has 6 heteroatoms. The van der Waals surface area contributed by atoms with Gasteiger partial charge in [-0.15, -0.1) is 0 Å². The minimum Gasteiger partial charge on any atom is -0.481 e. The van der Waals surface area contributed by atoms with E-state index < -0.39 is 11.9 Å². The fourth-order valence-corrected chi connectivity index (χ4v) is 2.18. The van der Waals surface area contributed by atoms with Crippen LogP contribution in [-0.2, 0) is 4.79 Å². The lowest BCUT2D eigenvalue weighted by Crippen LogP contribution is -2.30. The van der Waals surface area contributed by atoms with E-state index in [9.17, 15) is 9.18 Å². The van der Waals surface area contributed by atoms with Crippen LogP contribution in [0.5, 0.6) is 5.75 Å². The lowest BCUT2D eigenvalue weighted by Gasteiger charge is -2.15. The molecule has 4 nitrogen and oxygen atoms in total. The number of hydrogen-bond acceptors (Lipinski definition) is 3. The van der Waals surface area contributed by atoms with Gasteiger partial charge in [0.2, 0.25) is 0 Å². The van der Waals surface area contributed by atoms with E-state index in [-0.39, 0.29) is 11.6 Å². The number of nitrogen functional groups attached to an aromatic ring is 1. The average molecular weight is 400 g/mol. The quantitative estimate of drug-likeness (QED) is 0.611. The second-order valence-electron chi connectivity index (χ2n) is 4.44. The summed E-state index contributed by atoms with van der Waals surface area (Å²) in [5.41, 5.74) is 5.87. The van der Waals surface area contributed by atoms with E-state index in [1.54, 1.807) is 13.0 Å². The van der Waals surface area contributed by atoms with Gasteiger partial charge in [0.15, 0.2) is 6.10 Å². The highest BCUT2D eigenvalue weighted by Gasteiger charge is 2.15. The Kier molecular flexibility index (Phi) is 5.00. The number of nitrogens with two attached hydrogens (primary N) is 1. The van der Waals surface area contributed by atoms with Crippen LogP contribution >= 0.6 is 22.6 Å². The summed E-state index contributed by atoms with van der Waals surface area (Å²) in [4.78, 5) is 12.0. The predicted molar refractivity (Wildman–Crippen MR) is 88.7 cm³/mol. The molecule has 1 unspecified atom stereocenters. The zero-order valence-electron chi connectivity index (χ0n) is 11.3. The first-order valence-corrected chi connectivity index (χ1v) is 7.31. The van der Waals surface area contributed by atoms with Crippen LogP contribution in [0, 0.1) is 9.39 Å². The molecule has 3 N–H and O–H groups in total. The number of nitrogens with one attached hydrogen (secondary N) is 1. The molecule has 0 bridgehead atoms. The van der Waals surface area contributed by atoms with Gasteiger partial charge in [-0.25, -0.2) is 4.39 Å². The minimum absolute atomic E-state index is 0.0148. The molecule has 0 saturated carbocycles. The van der Waals surface area contributed by atoms with Gasteiger partial charge in [0, 0.05) is 9.26 Å². The number of carbonyl (C=O) groups is 1. The third-order valence-corrected chi connectivity index (χ3v) is 3.41. The Hall–Kier alpha value is -1.83. The highest BCUT2D eigenvalue weighted by atomic mass is 127. The van der Waals surface area contributed by atoms with Gasteiger partial charge in [0.1, 0.15) is 11.6 Å². The maximum atomic E-state index is 13.1. The number of halogens is 2. The average Bonchev–Trinajstić information content (AvgIpc) is 2.43. The van der Waals surface area contributed by atoms with Crippen molar-refractivity contribution in [2.24, 2.45) is 0 Å². The monoisotopic (exact) mass is 400 g/mol. The molecule has 0 aliphatic heterocycles. The van der Waals surface area contributed by atoms with Gasteiger partial charge in [-0.1, -0.05) is 6.07 Å². The molecule has 0 radical (unpaired) electrons. The molecule has 0 aromatic heterocycles. The van der Waals surface area contributed by atoms with Crippen molar-refractivity contribution in [1.29, 1.82) is 0 Å². The lowest BCUT2D eigenvalue weighted by atomic mass is 10.2. The van der Waals surface area contributed by atoms with E-state index in [0.29, 0.717) is 11.4 Å². The third kappa shape index (κ3) is 4.32. The highest BCUT2D eigenvalue weighted by Crippen LogP contribution is 2.18.